The van der Waals surface area contributed by atoms with Crippen LogP contribution in [0.4, 0.5) is 0 Å². The third-order valence-corrected chi connectivity index (χ3v) is 3.17. The number of hydrogen-bond acceptors (Lipinski definition) is 4. The van der Waals surface area contributed by atoms with Gasteiger partial charge in [0.05, 0.1) is 13.3 Å². The Bertz CT molecular complexity index is 697. The topological polar surface area (TPSA) is 79.8 Å². The van der Waals surface area contributed by atoms with Crippen molar-refractivity contribution in [3.05, 3.63) is 65.7 Å². The standard InChI is InChI=1S/C18H19N3O3/c1-24-16-9-7-15(8-10-16)13-20-21-18(23)11-17(22)19-12-14-5-3-2-4-6-14/h2-10,13H,11-12H2,1H3,(H,19,22)(H,21,23)/b20-13+. The molecule has 0 spiro atoms. The summed E-state index contributed by atoms with van der Waals surface area (Å²) >= 11 is 0. The predicted octanol–water partition coefficient (Wildman–Crippen LogP) is 1.85. The van der Waals surface area contributed by atoms with Crippen LogP contribution in [-0.2, 0) is 16.1 Å². The molecule has 6 heteroatoms. The average Bonchev–Trinajstić information content (AvgIpc) is 2.61. The normalized spacial score (nSPS) is 10.4. The van der Waals surface area contributed by atoms with E-state index in [9.17, 15) is 9.59 Å². The van der Waals surface area contributed by atoms with E-state index < -0.39 is 5.91 Å². The number of nitrogens with zero attached hydrogens (tertiary/aromatic N) is 1. The van der Waals surface area contributed by atoms with Crippen molar-refractivity contribution in [2.75, 3.05) is 7.11 Å². The van der Waals surface area contributed by atoms with E-state index in [1.54, 1.807) is 31.4 Å². The quantitative estimate of drug-likeness (QED) is 0.463. The molecule has 0 aliphatic heterocycles. The van der Waals surface area contributed by atoms with E-state index >= 15 is 0 Å². The molecule has 0 aromatic heterocycles. The van der Waals surface area contributed by atoms with Crippen molar-refractivity contribution in [2.24, 2.45) is 5.10 Å². The Balaban J connectivity index is 1.71. The number of ether oxygens (including phenoxy) is 1. The fraction of sp³-hybridized carbons (Fsp3) is 0.167. The van der Waals surface area contributed by atoms with Crippen LogP contribution in [-0.4, -0.2) is 25.1 Å². The van der Waals surface area contributed by atoms with E-state index in [0.717, 1.165) is 16.9 Å². The molecule has 2 rings (SSSR count). The molecule has 0 radical (unpaired) electrons. The van der Waals surface area contributed by atoms with Crippen LogP contribution in [0.2, 0.25) is 0 Å². The number of amides is 2. The van der Waals surface area contributed by atoms with E-state index in [1.807, 2.05) is 30.3 Å². The van der Waals surface area contributed by atoms with Crippen LogP contribution in [0.1, 0.15) is 17.5 Å². The summed E-state index contributed by atoms with van der Waals surface area (Å²) in [4.78, 5) is 23.3. The van der Waals surface area contributed by atoms with E-state index in [2.05, 4.69) is 15.8 Å². The summed E-state index contributed by atoms with van der Waals surface area (Å²) in [5.41, 5.74) is 4.11. The number of carbonyl (C=O) groups excluding carboxylic acids is 2. The molecular formula is C18H19N3O3. The van der Waals surface area contributed by atoms with Gasteiger partial charge in [-0.15, -0.1) is 0 Å². The highest BCUT2D eigenvalue weighted by atomic mass is 16.5. The Morgan fingerprint density at radius 1 is 1.04 bits per heavy atom. The van der Waals surface area contributed by atoms with Crippen LogP contribution < -0.4 is 15.5 Å². The van der Waals surface area contributed by atoms with Gasteiger partial charge in [-0.1, -0.05) is 30.3 Å². The molecular weight excluding hydrogens is 306 g/mol. The highest BCUT2D eigenvalue weighted by Gasteiger charge is 2.08. The van der Waals surface area contributed by atoms with Crippen LogP contribution in [0, 0.1) is 0 Å². The van der Waals surface area contributed by atoms with Gasteiger partial charge in [-0.3, -0.25) is 9.59 Å². The predicted molar refractivity (Wildman–Crippen MR) is 91.6 cm³/mol. The lowest BCUT2D eigenvalue weighted by atomic mass is 10.2. The zero-order chi connectivity index (χ0) is 17.2. The van der Waals surface area contributed by atoms with Gasteiger partial charge in [-0.2, -0.15) is 5.10 Å². The summed E-state index contributed by atoms with van der Waals surface area (Å²) < 4.78 is 5.05. The van der Waals surface area contributed by atoms with Gasteiger partial charge in [-0.05, 0) is 35.4 Å². The lowest BCUT2D eigenvalue weighted by Gasteiger charge is -2.04. The Labute approximate surface area is 140 Å². The summed E-state index contributed by atoms with van der Waals surface area (Å²) in [5, 5.41) is 6.51. The number of rotatable bonds is 7. The van der Waals surface area contributed by atoms with Crippen molar-refractivity contribution >= 4 is 18.0 Å². The van der Waals surface area contributed by atoms with Crippen molar-refractivity contribution in [3.8, 4) is 5.75 Å². The summed E-state index contributed by atoms with van der Waals surface area (Å²) in [5.74, 6) is -0.0763. The molecule has 0 aliphatic rings. The minimum absolute atomic E-state index is 0.271. The summed E-state index contributed by atoms with van der Waals surface area (Å²) in [6.07, 6.45) is 1.23. The van der Waals surface area contributed by atoms with E-state index in [-0.39, 0.29) is 12.3 Å². The maximum absolute atomic E-state index is 11.7. The maximum atomic E-state index is 11.7. The van der Waals surface area contributed by atoms with Gasteiger partial charge in [0.2, 0.25) is 11.8 Å². The summed E-state index contributed by atoms with van der Waals surface area (Å²) in [6.45, 7) is 0.391. The molecule has 0 saturated carbocycles. The van der Waals surface area contributed by atoms with Crippen LogP contribution in [0.25, 0.3) is 0 Å². The third kappa shape index (κ3) is 5.92. The van der Waals surface area contributed by atoms with Gasteiger partial charge in [0, 0.05) is 6.54 Å². The number of hydrogen-bond donors (Lipinski definition) is 2. The fourth-order valence-corrected chi connectivity index (χ4v) is 1.91. The second-order valence-corrected chi connectivity index (χ2v) is 5.01. The molecule has 2 aromatic rings. The van der Waals surface area contributed by atoms with Gasteiger partial charge in [0.25, 0.3) is 0 Å². The second kappa shape index (κ2) is 9.09. The Kier molecular flexibility index (Phi) is 6.52. The minimum Gasteiger partial charge on any atom is -0.497 e. The first-order chi connectivity index (χ1) is 11.7. The third-order valence-electron chi connectivity index (χ3n) is 3.17. The smallest absolute Gasteiger partial charge is 0.249 e. The summed E-state index contributed by atoms with van der Waals surface area (Å²) in [7, 11) is 1.59. The molecule has 0 aliphatic carbocycles. The Morgan fingerprint density at radius 3 is 2.42 bits per heavy atom. The van der Waals surface area contributed by atoms with Crippen LogP contribution in [0.15, 0.2) is 59.7 Å². The molecule has 2 aromatic carbocycles. The molecule has 0 fully saturated rings. The first-order valence-corrected chi connectivity index (χ1v) is 7.44. The highest BCUT2D eigenvalue weighted by Crippen LogP contribution is 2.09. The lowest BCUT2D eigenvalue weighted by molar-refractivity contribution is -0.129. The monoisotopic (exact) mass is 325 g/mol. The van der Waals surface area contributed by atoms with E-state index in [1.165, 1.54) is 6.21 Å². The van der Waals surface area contributed by atoms with Gasteiger partial charge >= 0.3 is 0 Å². The van der Waals surface area contributed by atoms with Gasteiger partial charge in [-0.25, -0.2) is 5.43 Å². The molecule has 0 bridgehead atoms. The van der Waals surface area contributed by atoms with Crippen LogP contribution >= 0.6 is 0 Å². The number of hydrazone groups is 1. The fourth-order valence-electron chi connectivity index (χ4n) is 1.91. The molecule has 0 unspecified atom stereocenters. The number of nitrogens with one attached hydrogen (secondary N) is 2. The average molecular weight is 325 g/mol. The molecule has 6 nitrogen and oxygen atoms in total. The Morgan fingerprint density at radius 2 is 1.75 bits per heavy atom. The van der Waals surface area contributed by atoms with Crippen molar-refractivity contribution in [2.45, 2.75) is 13.0 Å². The number of carbonyl (C=O) groups is 2. The Hall–Kier alpha value is -3.15. The van der Waals surface area contributed by atoms with Crippen LogP contribution in [0.5, 0.6) is 5.75 Å². The van der Waals surface area contributed by atoms with Crippen molar-refractivity contribution in [1.29, 1.82) is 0 Å². The second-order valence-electron chi connectivity index (χ2n) is 5.01. The molecule has 0 saturated heterocycles. The molecule has 124 valence electrons. The highest BCUT2D eigenvalue weighted by molar-refractivity contribution is 5.97. The zero-order valence-corrected chi connectivity index (χ0v) is 13.4. The van der Waals surface area contributed by atoms with Gasteiger partial charge in [0.15, 0.2) is 0 Å². The minimum atomic E-state index is -0.467. The maximum Gasteiger partial charge on any atom is 0.249 e. The number of benzene rings is 2. The lowest BCUT2D eigenvalue weighted by Crippen LogP contribution is -2.29. The molecule has 0 atom stereocenters. The molecule has 2 N–H and O–H groups in total. The number of methoxy groups -OCH3 is 1. The van der Waals surface area contributed by atoms with Crippen molar-refractivity contribution < 1.29 is 14.3 Å². The molecule has 24 heavy (non-hydrogen) atoms. The van der Waals surface area contributed by atoms with Gasteiger partial charge < -0.3 is 10.1 Å². The van der Waals surface area contributed by atoms with Crippen molar-refractivity contribution in [1.82, 2.24) is 10.7 Å². The van der Waals surface area contributed by atoms with E-state index in [0.29, 0.717) is 6.54 Å². The SMILES string of the molecule is COc1ccc(/C=N/NC(=O)CC(=O)NCc2ccccc2)cc1. The van der Waals surface area contributed by atoms with Crippen molar-refractivity contribution in [3.63, 3.8) is 0 Å². The molecule has 0 heterocycles. The zero-order valence-electron chi connectivity index (χ0n) is 13.4. The van der Waals surface area contributed by atoms with Gasteiger partial charge in [0.1, 0.15) is 12.2 Å². The first-order valence-electron chi connectivity index (χ1n) is 7.44. The van der Waals surface area contributed by atoms with Crippen LogP contribution in [0.3, 0.4) is 0 Å². The summed E-state index contributed by atoms with van der Waals surface area (Å²) in [6, 6.07) is 16.7. The molecule has 2 amide bonds. The van der Waals surface area contributed by atoms with E-state index in [4.69, 9.17) is 4.74 Å². The largest absolute Gasteiger partial charge is 0.497 e. The first kappa shape index (κ1) is 17.2.